The lowest BCUT2D eigenvalue weighted by Crippen LogP contribution is -2.37. The molecule has 0 aliphatic carbocycles. The largest absolute Gasteiger partial charge is 0.307 e. The molecule has 20 heavy (non-hydrogen) atoms. The van der Waals surface area contributed by atoms with E-state index in [9.17, 15) is 4.79 Å². The van der Waals surface area contributed by atoms with Crippen molar-refractivity contribution in [2.24, 2.45) is 0 Å². The number of fused-ring (bicyclic) bond motifs is 1. The topological polar surface area (TPSA) is 20.3 Å². The lowest BCUT2D eigenvalue weighted by molar-refractivity contribution is -0.122. The van der Waals surface area contributed by atoms with Gasteiger partial charge in [-0.3, -0.25) is 4.79 Å². The number of benzene rings is 2. The van der Waals surface area contributed by atoms with E-state index in [1.807, 2.05) is 35.2 Å². The van der Waals surface area contributed by atoms with Crippen LogP contribution in [0.4, 0.5) is 5.69 Å². The van der Waals surface area contributed by atoms with Crippen molar-refractivity contribution in [3.05, 3.63) is 65.7 Å². The Balaban J connectivity index is 2.03. The molecule has 0 saturated heterocycles. The van der Waals surface area contributed by atoms with Crippen LogP contribution in [-0.2, 0) is 16.8 Å². The van der Waals surface area contributed by atoms with Gasteiger partial charge in [0.15, 0.2) is 0 Å². The average Bonchev–Trinajstić information content (AvgIpc) is 2.72. The first-order valence-corrected chi connectivity index (χ1v) is 7.12. The van der Waals surface area contributed by atoms with Crippen molar-refractivity contribution in [3.63, 3.8) is 0 Å². The van der Waals surface area contributed by atoms with E-state index in [0.717, 1.165) is 23.2 Å². The van der Waals surface area contributed by atoms with Crippen LogP contribution < -0.4 is 4.90 Å². The number of amides is 1. The second kappa shape index (κ2) is 4.78. The van der Waals surface area contributed by atoms with E-state index >= 15 is 0 Å². The molecule has 2 aromatic rings. The van der Waals surface area contributed by atoms with Gasteiger partial charge in [-0.1, -0.05) is 55.5 Å². The molecular formula is C18H19NO. The fourth-order valence-electron chi connectivity index (χ4n) is 2.96. The number of hydrogen-bond acceptors (Lipinski definition) is 1. The summed E-state index contributed by atoms with van der Waals surface area (Å²) in [5.41, 5.74) is 3.00. The van der Waals surface area contributed by atoms with Gasteiger partial charge in [0.1, 0.15) is 0 Å². The van der Waals surface area contributed by atoms with Gasteiger partial charge in [-0.05, 0) is 30.5 Å². The summed E-state index contributed by atoms with van der Waals surface area (Å²) in [6.45, 7) is 4.78. The first-order valence-electron chi connectivity index (χ1n) is 7.12. The van der Waals surface area contributed by atoms with Crippen molar-refractivity contribution >= 4 is 11.6 Å². The third-order valence-electron chi connectivity index (χ3n) is 4.40. The van der Waals surface area contributed by atoms with Gasteiger partial charge in [-0.15, -0.1) is 0 Å². The van der Waals surface area contributed by atoms with Crippen molar-refractivity contribution in [3.8, 4) is 0 Å². The summed E-state index contributed by atoms with van der Waals surface area (Å²) in [5.74, 6) is 0.213. The summed E-state index contributed by atoms with van der Waals surface area (Å²) >= 11 is 0. The molecular weight excluding hydrogens is 246 g/mol. The Morgan fingerprint density at radius 3 is 2.35 bits per heavy atom. The lowest BCUT2D eigenvalue weighted by atomic mass is 9.81. The van der Waals surface area contributed by atoms with Crippen LogP contribution in [-0.4, -0.2) is 5.91 Å². The zero-order chi connectivity index (χ0) is 14.2. The Kier molecular flexibility index (Phi) is 3.09. The molecule has 1 aliphatic heterocycles. The Morgan fingerprint density at radius 2 is 1.65 bits per heavy atom. The fraction of sp³-hybridized carbons (Fsp3) is 0.278. The Labute approximate surface area is 120 Å². The van der Waals surface area contributed by atoms with Crippen molar-refractivity contribution in [2.75, 3.05) is 4.90 Å². The van der Waals surface area contributed by atoms with E-state index in [-0.39, 0.29) is 11.3 Å². The van der Waals surface area contributed by atoms with E-state index in [1.165, 1.54) is 0 Å². The smallest absolute Gasteiger partial charge is 0.237 e. The fourth-order valence-corrected chi connectivity index (χ4v) is 2.96. The number of carbonyl (C=O) groups is 1. The molecule has 1 atom stereocenters. The Morgan fingerprint density at radius 1 is 1.00 bits per heavy atom. The van der Waals surface area contributed by atoms with Gasteiger partial charge in [0.25, 0.3) is 0 Å². The third-order valence-corrected chi connectivity index (χ3v) is 4.40. The monoisotopic (exact) mass is 265 g/mol. The van der Waals surface area contributed by atoms with Crippen LogP contribution in [0.5, 0.6) is 0 Å². The molecule has 0 saturated carbocycles. The number of rotatable bonds is 3. The predicted molar refractivity (Wildman–Crippen MR) is 81.7 cm³/mol. The molecule has 2 nitrogen and oxygen atoms in total. The minimum absolute atomic E-state index is 0.213. The van der Waals surface area contributed by atoms with Gasteiger partial charge in [-0.2, -0.15) is 0 Å². The second-order valence-corrected chi connectivity index (χ2v) is 5.58. The number of nitrogens with zero attached hydrogens (tertiary/aromatic N) is 1. The Bertz CT molecular complexity index is 635. The first-order chi connectivity index (χ1) is 9.66. The van der Waals surface area contributed by atoms with Crippen LogP contribution in [0.3, 0.4) is 0 Å². The summed E-state index contributed by atoms with van der Waals surface area (Å²) in [7, 11) is 0. The molecule has 0 spiro atoms. The maximum atomic E-state index is 12.8. The minimum atomic E-state index is -0.384. The molecule has 0 bridgehead atoms. The van der Waals surface area contributed by atoms with Crippen molar-refractivity contribution in [1.82, 2.24) is 0 Å². The van der Waals surface area contributed by atoms with Crippen LogP contribution in [0.15, 0.2) is 54.6 Å². The highest BCUT2D eigenvalue weighted by Gasteiger charge is 2.45. The van der Waals surface area contributed by atoms with Gasteiger partial charge in [0.05, 0.1) is 12.0 Å². The maximum absolute atomic E-state index is 12.8. The zero-order valence-corrected chi connectivity index (χ0v) is 12.0. The molecule has 0 aromatic heterocycles. The standard InChI is InChI=1S/C18H19NO/c1-3-18(2)15-11-7-8-12-16(15)19(17(18)20)13-14-9-5-4-6-10-14/h4-12H,3,13H2,1-2H3. The molecule has 1 amide bonds. The molecule has 2 heteroatoms. The van der Waals surface area contributed by atoms with Crippen molar-refractivity contribution in [1.29, 1.82) is 0 Å². The van der Waals surface area contributed by atoms with Crippen LogP contribution in [0.1, 0.15) is 31.4 Å². The van der Waals surface area contributed by atoms with E-state index in [1.54, 1.807) is 0 Å². The molecule has 1 aliphatic rings. The number of para-hydroxylation sites is 1. The molecule has 1 unspecified atom stereocenters. The van der Waals surface area contributed by atoms with E-state index in [4.69, 9.17) is 0 Å². The second-order valence-electron chi connectivity index (χ2n) is 5.58. The summed E-state index contributed by atoms with van der Waals surface area (Å²) in [4.78, 5) is 14.8. The summed E-state index contributed by atoms with van der Waals surface area (Å²) in [5, 5.41) is 0. The summed E-state index contributed by atoms with van der Waals surface area (Å²) in [6, 6.07) is 18.3. The molecule has 102 valence electrons. The molecule has 0 N–H and O–H groups in total. The number of hydrogen-bond donors (Lipinski definition) is 0. The summed E-state index contributed by atoms with van der Waals surface area (Å²) in [6.07, 6.45) is 0.828. The summed E-state index contributed by atoms with van der Waals surface area (Å²) < 4.78 is 0. The van der Waals surface area contributed by atoms with Gasteiger partial charge in [0.2, 0.25) is 5.91 Å². The first kappa shape index (κ1) is 12.9. The molecule has 1 heterocycles. The van der Waals surface area contributed by atoms with Crippen LogP contribution in [0.25, 0.3) is 0 Å². The lowest BCUT2D eigenvalue weighted by Gasteiger charge is -2.23. The third kappa shape index (κ3) is 1.83. The average molecular weight is 265 g/mol. The van der Waals surface area contributed by atoms with E-state index in [0.29, 0.717) is 6.54 Å². The molecule has 3 rings (SSSR count). The van der Waals surface area contributed by atoms with Crippen molar-refractivity contribution < 1.29 is 4.79 Å². The normalized spacial score (nSPS) is 21.1. The Hall–Kier alpha value is -2.09. The van der Waals surface area contributed by atoms with Gasteiger partial charge in [-0.25, -0.2) is 0 Å². The molecule has 0 radical (unpaired) electrons. The molecule has 0 fully saturated rings. The predicted octanol–water partition coefficient (Wildman–Crippen LogP) is 3.90. The van der Waals surface area contributed by atoms with E-state index in [2.05, 4.69) is 38.1 Å². The number of anilines is 1. The highest BCUT2D eigenvalue weighted by atomic mass is 16.2. The minimum Gasteiger partial charge on any atom is -0.307 e. The highest BCUT2D eigenvalue weighted by molar-refractivity contribution is 6.07. The SMILES string of the molecule is CCC1(C)C(=O)N(Cc2ccccc2)c2ccccc21. The molecule has 2 aromatic carbocycles. The van der Waals surface area contributed by atoms with Crippen LogP contribution in [0, 0.1) is 0 Å². The van der Waals surface area contributed by atoms with Crippen LogP contribution >= 0.6 is 0 Å². The van der Waals surface area contributed by atoms with Gasteiger partial charge in [0, 0.05) is 5.69 Å². The maximum Gasteiger partial charge on any atom is 0.237 e. The van der Waals surface area contributed by atoms with Crippen LogP contribution in [0.2, 0.25) is 0 Å². The zero-order valence-electron chi connectivity index (χ0n) is 12.0. The van der Waals surface area contributed by atoms with Gasteiger partial charge < -0.3 is 4.90 Å². The van der Waals surface area contributed by atoms with Crippen molar-refractivity contribution in [2.45, 2.75) is 32.2 Å². The van der Waals surface area contributed by atoms with Gasteiger partial charge >= 0.3 is 0 Å². The quantitative estimate of drug-likeness (QED) is 0.824. The highest BCUT2D eigenvalue weighted by Crippen LogP contribution is 2.44. The number of carbonyl (C=O) groups excluding carboxylic acids is 1. The van der Waals surface area contributed by atoms with E-state index < -0.39 is 0 Å².